The third-order valence-electron chi connectivity index (χ3n) is 8.33. The molecule has 9 heteroatoms. The van der Waals surface area contributed by atoms with Gasteiger partial charge in [0, 0.05) is 35.7 Å². The Morgan fingerprint density at radius 2 is 1.63 bits per heavy atom. The number of ether oxygens (including phenoxy) is 2. The number of nitrogens with zero attached hydrogens (tertiary/aromatic N) is 1. The average Bonchev–Trinajstić information content (AvgIpc) is 3.32. The van der Waals surface area contributed by atoms with Crippen LogP contribution in [-0.4, -0.2) is 54.5 Å². The van der Waals surface area contributed by atoms with E-state index in [0.717, 1.165) is 56.2 Å². The van der Waals surface area contributed by atoms with Gasteiger partial charge in [-0.05, 0) is 68.8 Å². The minimum absolute atomic E-state index is 0.0161. The highest BCUT2D eigenvalue weighted by atomic mass is 32.1. The molecule has 0 atom stereocenters. The van der Waals surface area contributed by atoms with Crippen LogP contribution >= 0.6 is 11.3 Å². The highest BCUT2D eigenvalue weighted by Gasteiger charge is 2.38. The third kappa shape index (κ3) is 7.08. The maximum Gasteiger partial charge on any atom is 0.407 e. The van der Waals surface area contributed by atoms with Crippen LogP contribution in [0.4, 0.5) is 10.5 Å². The number of aromatic carboxylic acids is 1. The van der Waals surface area contributed by atoms with Gasteiger partial charge in [-0.25, -0.2) is 9.59 Å². The van der Waals surface area contributed by atoms with Gasteiger partial charge in [-0.2, -0.15) is 0 Å². The van der Waals surface area contributed by atoms with Crippen molar-refractivity contribution in [2.24, 2.45) is 11.8 Å². The Kier molecular flexibility index (Phi) is 9.40. The minimum Gasteiger partial charge on any atom is -0.477 e. The molecule has 2 aliphatic carbocycles. The first-order valence-electron chi connectivity index (χ1n) is 14.3. The van der Waals surface area contributed by atoms with Gasteiger partial charge in [0.25, 0.3) is 0 Å². The molecule has 1 aromatic heterocycles. The smallest absolute Gasteiger partial charge is 0.407 e. The summed E-state index contributed by atoms with van der Waals surface area (Å²) in [6, 6.07) is 1.83. The lowest BCUT2D eigenvalue weighted by Gasteiger charge is -2.39. The molecule has 0 unspecified atom stereocenters. The molecule has 0 aromatic carbocycles. The second kappa shape index (κ2) is 12.4. The summed E-state index contributed by atoms with van der Waals surface area (Å²) in [7, 11) is 0. The zero-order valence-corrected chi connectivity index (χ0v) is 24.1. The van der Waals surface area contributed by atoms with Gasteiger partial charge >= 0.3 is 12.1 Å². The van der Waals surface area contributed by atoms with Gasteiger partial charge in [-0.1, -0.05) is 27.7 Å². The number of hydrogen-bond donors (Lipinski definition) is 2. The van der Waals surface area contributed by atoms with Gasteiger partial charge in [-0.15, -0.1) is 11.3 Å². The van der Waals surface area contributed by atoms with E-state index in [1.165, 1.54) is 11.3 Å². The highest BCUT2D eigenvalue weighted by molar-refractivity contribution is 7.14. The number of anilines is 1. The Bertz CT molecular complexity index is 980. The van der Waals surface area contributed by atoms with Crippen molar-refractivity contribution in [2.75, 3.05) is 18.1 Å². The molecule has 2 saturated carbocycles. The Morgan fingerprint density at radius 1 is 1.00 bits per heavy atom. The number of rotatable bonds is 6. The van der Waals surface area contributed by atoms with Gasteiger partial charge in [0.1, 0.15) is 11.0 Å². The molecular weight excluding hydrogens is 504 g/mol. The van der Waals surface area contributed by atoms with E-state index >= 15 is 0 Å². The first-order valence-corrected chi connectivity index (χ1v) is 15.1. The summed E-state index contributed by atoms with van der Waals surface area (Å²) >= 11 is 1.28. The van der Waals surface area contributed by atoms with E-state index in [4.69, 9.17) is 9.47 Å². The van der Waals surface area contributed by atoms with Crippen molar-refractivity contribution in [3.8, 4) is 0 Å². The molecule has 1 aromatic rings. The van der Waals surface area contributed by atoms with Crippen LogP contribution in [0.25, 0.3) is 0 Å². The summed E-state index contributed by atoms with van der Waals surface area (Å²) < 4.78 is 10.9. The lowest BCUT2D eigenvalue weighted by molar-refractivity contribution is -0.124. The van der Waals surface area contributed by atoms with Crippen LogP contribution in [-0.2, 0) is 19.7 Å². The number of carboxylic acid groups (broad SMARTS) is 1. The largest absolute Gasteiger partial charge is 0.477 e. The van der Waals surface area contributed by atoms with Gasteiger partial charge in [0.15, 0.2) is 0 Å². The standard InChI is InChI=1S/C29H44N2O6S/c1-18-5-7-19(8-6-18)26(32)31(23-17-24(29(2,3)4)38-25(23)27(33)34)21-11-9-20(10-12-21)30-28(35)37-22-13-15-36-16-14-22/h17-22H,5-16H2,1-4H3,(H,30,35)(H,33,34)/t18-,19-,20?,21?. The molecule has 212 valence electrons. The monoisotopic (exact) mass is 548 g/mol. The first-order chi connectivity index (χ1) is 18.0. The fourth-order valence-corrected chi connectivity index (χ4v) is 6.95. The minimum atomic E-state index is -0.984. The fourth-order valence-electron chi connectivity index (χ4n) is 5.91. The molecular formula is C29H44N2O6S. The number of thiophene rings is 1. The first kappa shape index (κ1) is 28.9. The Morgan fingerprint density at radius 3 is 2.21 bits per heavy atom. The number of hydrogen-bond acceptors (Lipinski definition) is 6. The van der Waals surface area contributed by atoms with Crippen molar-refractivity contribution < 1.29 is 29.0 Å². The second-order valence-corrected chi connectivity index (χ2v) is 13.5. The van der Waals surface area contributed by atoms with E-state index in [1.54, 1.807) is 0 Å². The average molecular weight is 549 g/mol. The lowest BCUT2D eigenvalue weighted by Crippen LogP contribution is -2.49. The maximum absolute atomic E-state index is 14.1. The molecule has 0 bridgehead atoms. The van der Waals surface area contributed by atoms with Crippen molar-refractivity contribution in [2.45, 2.75) is 116 Å². The summed E-state index contributed by atoms with van der Waals surface area (Å²) in [4.78, 5) is 41.9. The predicted molar refractivity (Wildman–Crippen MR) is 148 cm³/mol. The molecule has 1 saturated heterocycles. The number of amides is 2. The van der Waals surface area contributed by atoms with E-state index < -0.39 is 5.97 Å². The van der Waals surface area contributed by atoms with Crippen LogP contribution in [0.1, 0.15) is 106 Å². The van der Waals surface area contributed by atoms with E-state index in [9.17, 15) is 19.5 Å². The molecule has 2 N–H and O–H groups in total. The molecule has 2 amide bonds. The van der Waals surface area contributed by atoms with Crippen LogP contribution in [0, 0.1) is 11.8 Å². The van der Waals surface area contributed by atoms with Gasteiger partial charge in [0.05, 0.1) is 18.9 Å². The SMILES string of the molecule is CC(C)(C)c1cc(N(C(=O)[C@H]2CC[C@H](C)CC2)C2CCC(NC(=O)OC3CCOCC3)CC2)c(C(=O)O)s1. The van der Waals surface area contributed by atoms with E-state index in [2.05, 4.69) is 33.0 Å². The number of alkyl carbamates (subject to hydrolysis) is 1. The van der Waals surface area contributed by atoms with Crippen LogP contribution in [0.5, 0.6) is 0 Å². The zero-order valence-electron chi connectivity index (χ0n) is 23.3. The number of nitrogens with one attached hydrogen (secondary N) is 1. The highest BCUT2D eigenvalue weighted by Crippen LogP contribution is 2.41. The molecule has 38 heavy (non-hydrogen) atoms. The van der Waals surface area contributed by atoms with Crippen molar-refractivity contribution >= 4 is 35.0 Å². The maximum atomic E-state index is 14.1. The topological polar surface area (TPSA) is 105 Å². The molecule has 8 nitrogen and oxygen atoms in total. The lowest BCUT2D eigenvalue weighted by atomic mass is 9.81. The summed E-state index contributed by atoms with van der Waals surface area (Å²) in [5, 5.41) is 13.1. The van der Waals surface area contributed by atoms with Gasteiger partial charge in [0.2, 0.25) is 5.91 Å². The molecule has 0 radical (unpaired) electrons. The number of carboxylic acids is 1. The molecule has 3 fully saturated rings. The van der Waals surface area contributed by atoms with Crippen molar-refractivity contribution in [1.29, 1.82) is 0 Å². The fraction of sp³-hybridized carbons (Fsp3) is 0.759. The quantitative estimate of drug-likeness (QED) is 0.444. The van der Waals surface area contributed by atoms with Crippen LogP contribution in [0.15, 0.2) is 6.07 Å². The Labute approximate surface area is 230 Å². The van der Waals surface area contributed by atoms with Crippen LogP contribution in [0.3, 0.4) is 0 Å². The molecule has 2 heterocycles. The second-order valence-electron chi connectivity index (χ2n) is 12.4. The van der Waals surface area contributed by atoms with Crippen molar-refractivity contribution in [1.82, 2.24) is 5.32 Å². The van der Waals surface area contributed by atoms with E-state index in [1.807, 2.05) is 11.0 Å². The van der Waals surface area contributed by atoms with Gasteiger partial charge in [-0.3, -0.25) is 4.79 Å². The molecule has 3 aliphatic rings. The zero-order chi connectivity index (χ0) is 27.4. The summed E-state index contributed by atoms with van der Waals surface area (Å²) in [6.07, 6.45) is 7.57. The van der Waals surface area contributed by atoms with Crippen LogP contribution < -0.4 is 10.2 Å². The third-order valence-corrected chi connectivity index (χ3v) is 9.87. The van der Waals surface area contributed by atoms with E-state index in [-0.39, 0.29) is 46.4 Å². The molecule has 0 spiro atoms. The number of carbonyl (C=O) groups excluding carboxylic acids is 2. The normalized spacial score (nSPS) is 26.9. The van der Waals surface area contributed by atoms with Gasteiger partial charge < -0.3 is 24.8 Å². The summed E-state index contributed by atoms with van der Waals surface area (Å²) in [5.41, 5.74) is 0.334. The molecule has 4 rings (SSSR count). The Hall–Kier alpha value is -2.13. The number of carbonyl (C=O) groups is 3. The summed E-state index contributed by atoms with van der Waals surface area (Å²) in [5.74, 6) is -0.371. The predicted octanol–water partition coefficient (Wildman–Crippen LogP) is 6.12. The summed E-state index contributed by atoms with van der Waals surface area (Å²) in [6.45, 7) is 9.67. The van der Waals surface area contributed by atoms with Crippen molar-refractivity contribution in [3.05, 3.63) is 15.8 Å². The molecule has 1 aliphatic heterocycles. The van der Waals surface area contributed by atoms with Crippen molar-refractivity contribution in [3.63, 3.8) is 0 Å². The Balaban J connectivity index is 1.50. The van der Waals surface area contributed by atoms with E-state index in [0.29, 0.717) is 37.7 Å². The van der Waals surface area contributed by atoms with Crippen LogP contribution in [0.2, 0.25) is 0 Å².